The van der Waals surface area contributed by atoms with Crippen molar-refractivity contribution >= 4 is 0 Å². The van der Waals surface area contributed by atoms with E-state index in [2.05, 4.69) is 4.90 Å². The van der Waals surface area contributed by atoms with Crippen molar-refractivity contribution in [1.29, 1.82) is 0 Å². The van der Waals surface area contributed by atoms with Crippen LogP contribution in [0.3, 0.4) is 0 Å². The van der Waals surface area contributed by atoms with Crippen molar-refractivity contribution in [2.45, 2.75) is 62.8 Å². The molecule has 1 saturated carbocycles. The summed E-state index contributed by atoms with van der Waals surface area (Å²) in [6.07, 6.45) is 8.17. The molecule has 0 aromatic rings. The van der Waals surface area contributed by atoms with Gasteiger partial charge in [0, 0.05) is 19.6 Å². The van der Waals surface area contributed by atoms with Gasteiger partial charge in [0.1, 0.15) is 0 Å². The fourth-order valence-electron chi connectivity index (χ4n) is 3.75. The van der Waals surface area contributed by atoms with E-state index in [1.54, 1.807) is 0 Å². The van der Waals surface area contributed by atoms with Crippen LogP contribution in [0.2, 0.25) is 0 Å². The minimum atomic E-state index is -0.441. The van der Waals surface area contributed by atoms with E-state index >= 15 is 0 Å². The molecule has 3 nitrogen and oxygen atoms in total. The Kier molecular flexibility index (Phi) is 2.54. The van der Waals surface area contributed by atoms with Crippen LogP contribution in [0.4, 0.5) is 0 Å². The quantitative estimate of drug-likeness (QED) is 0.774. The van der Waals surface area contributed by atoms with Crippen molar-refractivity contribution in [3.63, 3.8) is 0 Å². The Balaban J connectivity index is 1.48. The molecule has 16 heavy (non-hydrogen) atoms. The van der Waals surface area contributed by atoms with Crippen molar-refractivity contribution in [1.82, 2.24) is 4.90 Å². The molecule has 1 spiro atoms. The van der Waals surface area contributed by atoms with Gasteiger partial charge in [0.05, 0.1) is 17.3 Å². The van der Waals surface area contributed by atoms with Crippen LogP contribution in [0.15, 0.2) is 0 Å². The molecule has 0 radical (unpaired) electrons. The molecule has 2 aliphatic heterocycles. The average molecular weight is 225 g/mol. The molecule has 0 amide bonds. The maximum absolute atomic E-state index is 9.68. The fraction of sp³-hybridized carbons (Fsp3) is 1.00. The SMILES string of the molecule is CC1(O)CN(CC2CCC3(CCCC3)O2)C1. The van der Waals surface area contributed by atoms with Crippen LogP contribution in [-0.2, 0) is 4.74 Å². The minimum absolute atomic E-state index is 0.262. The van der Waals surface area contributed by atoms with Crippen LogP contribution < -0.4 is 0 Å². The van der Waals surface area contributed by atoms with Gasteiger partial charge in [0.2, 0.25) is 0 Å². The molecule has 92 valence electrons. The monoisotopic (exact) mass is 225 g/mol. The number of rotatable bonds is 2. The summed E-state index contributed by atoms with van der Waals surface area (Å²) in [7, 11) is 0. The summed E-state index contributed by atoms with van der Waals surface area (Å²) >= 11 is 0. The minimum Gasteiger partial charge on any atom is -0.388 e. The first-order chi connectivity index (χ1) is 7.57. The lowest BCUT2D eigenvalue weighted by Crippen LogP contribution is -2.61. The number of β-amino-alcohol motifs (C(OH)–C–C–N with tert-alkyl or cyclic N) is 1. The van der Waals surface area contributed by atoms with Gasteiger partial charge in [0.25, 0.3) is 0 Å². The first-order valence-electron chi connectivity index (χ1n) is 6.70. The molecule has 3 heteroatoms. The molecule has 1 atom stereocenters. The van der Waals surface area contributed by atoms with E-state index in [-0.39, 0.29) is 5.60 Å². The highest BCUT2D eigenvalue weighted by molar-refractivity contribution is 4.97. The molecular formula is C13H23NO2. The van der Waals surface area contributed by atoms with E-state index in [0.29, 0.717) is 6.10 Å². The van der Waals surface area contributed by atoms with E-state index in [0.717, 1.165) is 19.6 Å². The number of hydrogen-bond acceptors (Lipinski definition) is 3. The summed E-state index contributed by atoms with van der Waals surface area (Å²) in [5.74, 6) is 0. The second-order valence-electron chi connectivity index (χ2n) is 6.34. The Hall–Kier alpha value is -0.120. The second-order valence-corrected chi connectivity index (χ2v) is 6.34. The third-order valence-corrected chi connectivity index (χ3v) is 4.44. The van der Waals surface area contributed by atoms with Crippen molar-refractivity contribution in [3.8, 4) is 0 Å². The molecule has 1 aliphatic carbocycles. The van der Waals surface area contributed by atoms with E-state index in [4.69, 9.17) is 4.74 Å². The largest absolute Gasteiger partial charge is 0.388 e. The zero-order valence-corrected chi connectivity index (χ0v) is 10.2. The Morgan fingerprint density at radius 1 is 1.25 bits per heavy atom. The van der Waals surface area contributed by atoms with E-state index in [9.17, 15) is 5.11 Å². The average Bonchev–Trinajstić information content (AvgIpc) is 2.75. The molecule has 2 saturated heterocycles. The third kappa shape index (κ3) is 2.01. The molecule has 0 bridgehead atoms. The molecule has 0 aromatic carbocycles. The Morgan fingerprint density at radius 3 is 2.56 bits per heavy atom. The first kappa shape index (κ1) is 11.0. The number of aliphatic hydroxyl groups is 1. The molecular weight excluding hydrogens is 202 g/mol. The van der Waals surface area contributed by atoms with Crippen molar-refractivity contribution in [3.05, 3.63) is 0 Å². The lowest BCUT2D eigenvalue weighted by atomic mass is 9.95. The zero-order valence-electron chi connectivity index (χ0n) is 10.2. The van der Waals surface area contributed by atoms with Crippen LogP contribution in [-0.4, -0.2) is 46.9 Å². The highest BCUT2D eigenvalue weighted by atomic mass is 16.5. The van der Waals surface area contributed by atoms with Gasteiger partial charge >= 0.3 is 0 Å². The number of likely N-dealkylation sites (tertiary alicyclic amines) is 1. The van der Waals surface area contributed by atoms with Gasteiger partial charge in [-0.1, -0.05) is 12.8 Å². The molecule has 3 aliphatic rings. The lowest BCUT2D eigenvalue weighted by molar-refractivity contribution is -0.111. The molecule has 1 unspecified atom stereocenters. The summed E-state index contributed by atoms with van der Waals surface area (Å²) in [5.41, 5.74) is -0.179. The fourth-order valence-corrected chi connectivity index (χ4v) is 3.75. The zero-order chi connectivity index (χ0) is 11.2. The smallest absolute Gasteiger partial charge is 0.0872 e. The van der Waals surface area contributed by atoms with E-state index in [1.807, 2.05) is 6.92 Å². The second kappa shape index (κ2) is 3.69. The van der Waals surface area contributed by atoms with Gasteiger partial charge in [-0.05, 0) is 32.6 Å². The highest BCUT2D eigenvalue weighted by Gasteiger charge is 2.44. The molecule has 3 rings (SSSR count). The summed E-state index contributed by atoms with van der Waals surface area (Å²) in [5, 5.41) is 9.68. The van der Waals surface area contributed by atoms with Crippen molar-refractivity contribution < 1.29 is 9.84 Å². The topological polar surface area (TPSA) is 32.7 Å². The predicted molar refractivity (Wildman–Crippen MR) is 62.4 cm³/mol. The van der Waals surface area contributed by atoms with Crippen LogP contribution in [0.1, 0.15) is 45.4 Å². The van der Waals surface area contributed by atoms with Gasteiger partial charge in [0.15, 0.2) is 0 Å². The standard InChI is InChI=1S/C13H23NO2/c1-12(15)9-14(10-12)8-11-4-7-13(16-11)5-2-3-6-13/h11,15H,2-10H2,1H3. The lowest BCUT2D eigenvalue weighted by Gasteiger charge is -2.45. The van der Waals surface area contributed by atoms with Gasteiger partial charge in [-0.15, -0.1) is 0 Å². The van der Waals surface area contributed by atoms with E-state index < -0.39 is 5.60 Å². The number of ether oxygens (including phenoxy) is 1. The summed E-state index contributed by atoms with van der Waals surface area (Å²) in [4.78, 5) is 2.32. The summed E-state index contributed by atoms with van der Waals surface area (Å²) < 4.78 is 6.26. The van der Waals surface area contributed by atoms with Crippen molar-refractivity contribution in [2.24, 2.45) is 0 Å². The van der Waals surface area contributed by atoms with E-state index in [1.165, 1.54) is 38.5 Å². The van der Waals surface area contributed by atoms with Crippen LogP contribution >= 0.6 is 0 Å². The van der Waals surface area contributed by atoms with Crippen LogP contribution in [0.5, 0.6) is 0 Å². The predicted octanol–water partition coefficient (Wildman–Crippen LogP) is 1.54. The van der Waals surface area contributed by atoms with Gasteiger partial charge in [-0.3, -0.25) is 4.90 Å². The number of nitrogens with zero attached hydrogens (tertiary/aromatic N) is 1. The van der Waals surface area contributed by atoms with Gasteiger partial charge in [-0.25, -0.2) is 0 Å². The molecule has 1 N–H and O–H groups in total. The Bertz CT molecular complexity index is 263. The first-order valence-corrected chi connectivity index (χ1v) is 6.70. The number of hydrogen-bond donors (Lipinski definition) is 1. The normalized spacial score (nSPS) is 36.8. The van der Waals surface area contributed by atoms with Gasteiger partial charge < -0.3 is 9.84 Å². The molecule has 3 fully saturated rings. The third-order valence-electron chi connectivity index (χ3n) is 4.44. The maximum Gasteiger partial charge on any atom is 0.0872 e. The maximum atomic E-state index is 9.68. The Labute approximate surface area is 97.8 Å². The van der Waals surface area contributed by atoms with Crippen molar-refractivity contribution in [2.75, 3.05) is 19.6 Å². The van der Waals surface area contributed by atoms with Gasteiger partial charge in [-0.2, -0.15) is 0 Å². The summed E-state index contributed by atoms with van der Waals surface area (Å²) in [6, 6.07) is 0. The molecule has 0 aromatic heterocycles. The highest BCUT2D eigenvalue weighted by Crippen LogP contribution is 2.43. The Morgan fingerprint density at radius 2 is 1.94 bits per heavy atom. The van der Waals surface area contributed by atoms with Crippen LogP contribution in [0, 0.1) is 0 Å². The van der Waals surface area contributed by atoms with Crippen LogP contribution in [0.25, 0.3) is 0 Å². The summed E-state index contributed by atoms with van der Waals surface area (Å²) in [6.45, 7) is 4.58. The molecule has 2 heterocycles.